The molecular weight excluding hydrogens is 432 g/mol. The standard InChI is InChI=1S/C28H34O6/c1-3-5-7-15-21-33-25(29)27(31,23-17-11-9-12-18-23)28(32,24-19-13-10-14-20-24)26(30)34-22-16-8-6-4-2/h7-20,31-32H,3-6,21-22H2,1-2H3/b15-7+,16-8+. The maximum Gasteiger partial charge on any atom is 0.347 e. The summed E-state index contributed by atoms with van der Waals surface area (Å²) >= 11 is 0. The quantitative estimate of drug-likeness (QED) is 0.332. The van der Waals surface area contributed by atoms with Crippen LogP contribution in [0, 0.1) is 0 Å². The third-order valence-corrected chi connectivity index (χ3v) is 5.36. The molecule has 0 aliphatic carbocycles. The van der Waals surface area contributed by atoms with Crippen LogP contribution in [0.2, 0.25) is 0 Å². The zero-order chi connectivity index (χ0) is 24.9. The molecule has 0 aliphatic rings. The first-order chi connectivity index (χ1) is 16.4. The van der Waals surface area contributed by atoms with Crippen molar-refractivity contribution in [3.63, 3.8) is 0 Å². The van der Waals surface area contributed by atoms with Crippen molar-refractivity contribution in [1.82, 2.24) is 0 Å². The summed E-state index contributed by atoms with van der Waals surface area (Å²) in [6, 6.07) is 15.6. The van der Waals surface area contributed by atoms with Gasteiger partial charge in [-0.15, -0.1) is 0 Å². The number of benzene rings is 2. The molecule has 0 saturated carbocycles. The first kappa shape index (κ1) is 27.0. The van der Waals surface area contributed by atoms with E-state index in [0.29, 0.717) is 0 Å². The van der Waals surface area contributed by atoms with Gasteiger partial charge in [-0.05, 0) is 24.0 Å². The predicted molar refractivity (Wildman–Crippen MR) is 131 cm³/mol. The summed E-state index contributed by atoms with van der Waals surface area (Å²) in [6.45, 7) is 3.81. The molecule has 0 heterocycles. The maximum atomic E-state index is 13.3. The van der Waals surface area contributed by atoms with Crippen LogP contribution in [-0.4, -0.2) is 35.4 Å². The Bertz CT molecular complexity index is 874. The van der Waals surface area contributed by atoms with E-state index in [1.807, 2.05) is 26.0 Å². The highest BCUT2D eigenvalue weighted by molar-refractivity contribution is 5.94. The summed E-state index contributed by atoms with van der Waals surface area (Å²) in [4.78, 5) is 26.7. The van der Waals surface area contributed by atoms with Gasteiger partial charge >= 0.3 is 11.9 Å². The number of carbonyl (C=O) groups is 2. The number of carbonyl (C=O) groups excluding carboxylic acids is 2. The second-order valence-corrected chi connectivity index (χ2v) is 7.87. The van der Waals surface area contributed by atoms with Gasteiger partial charge in [0.1, 0.15) is 13.2 Å². The number of ether oxygens (including phenoxy) is 2. The van der Waals surface area contributed by atoms with Crippen LogP contribution < -0.4 is 0 Å². The fourth-order valence-corrected chi connectivity index (χ4v) is 3.47. The van der Waals surface area contributed by atoms with Crippen LogP contribution >= 0.6 is 0 Å². The van der Waals surface area contributed by atoms with Crippen LogP contribution in [0.15, 0.2) is 85.0 Å². The molecule has 2 aromatic rings. The number of hydrogen-bond acceptors (Lipinski definition) is 6. The van der Waals surface area contributed by atoms with Gasteiger partial charge < -0.3 is 19.7 Å². The number of rotatable bonds is 13. The van der Waals surface area contributed by atoms with E-state index in [4.69, 9.17) is 9.47 Å². The molecule has 0 aromatic heterocycles. The first-order valence-electron chi connectivity index (χ1n) is 11.6. The van der Waals surface area contributed by atoms with Crippen LogP contribution in [-0.2, 0) is 30.3 Å². The molecule has 182 valence electrons. The van der Waals surface area contributed by atoms with Gasteiger partial charge in [0.15, 0.2) is 0 Å². The lowest BCUT2D eigenvalue weighted by Crippen LogP contribution is -2.60. The molecule has 6 heteroatoms. The van der Waals surface area contributed by atoms with E-state index in [9.17, 15) is 19.8 Å². The predicted octanol–water partition coefficient (Wildman–Crippen LogP) is 4.56. The Labute approximate surface area is 201 Å². The van der Waals surface area contributed by atoms with Crippen molar-refractivity contribution in [2.24, 2.45) is 0 Å². The summed E-state index contributed by atoms with van der Waals surface area (Å²) in [5.41, 5.74) is -5.53. The minimum Gasteiger partial charge on any atom is -0.459 e. The Hall–Kier alpha value is -3.22. The molecule has 0 amide bonds. The molecule has 34 heavy (non-hydrogen) atoms. The number of esters is 2. The third-order valence-electron chi connectivity index (χ3n) is 5.36. The number of aliphatic hydroxyl groups is 2. The van der Waals surface area contributed by atoms with Crippen molar-refractivity contribution in [2.75, 3.05) is 13.2 Å². The molecule has 0 radical (unpaired) electrons. The van der Waals surface area contributed by atoms with Crippen molar-refractivity contribution in [2.45, 2.75) is 50.7 Å². The maximum absolute atomic E-state index is 13.3. The van der Waals surface area contributed by atoms with Crippen LogP contribution in [0.3, 0.4) is 0 Å². The Balaban J connectivity index is 2.53. The number of allylic oxidation sites excluding steroid dienone is 2. The highest BCUT2D eigenvalue weighted by Gasteiger charge is 2.64. The monoisotopic (exact) mass is 466 g/mol. The largest absolute Gasteiger partial charge is 0.459 e. The molecule has 2 rings (SSSR count). The molecule has 0 bridgehead atoms. The third kappa shape index (κ3) is 6.22. The average molecular weight is 467 g/mol. The van der Waals surface area contributed by atoms with Gasteiger partial charge in [0, 0.05) is 0 Å². The SMILES string of the molecule is CCC/C=C/COC(=O)C(O)(c1ccccc1)C(O)(C(=O)OC/C=C/CCC)c1ccccc1. The average Bonchev–Trinajstić information content (AvgIpc) is 2.88. The topological polar surface area (TPSA) is 93.1 Å². The van der Waals surface area contributed by atoms with E-state index in [1.54, 1.807) is 48.6 Å². The highest BCUT2D eigenvalue weighted by Crippen LogP contribution is 2.43. The summed E-state index contributed by atoms with van der Waals surface area (Å²) in [7, 11) is 0. The van der Waals surface area contributed by atoms with Gasteiger partial charge in [-0.1, -0.05) is 112 Å². The second-order valence-electron chi connectivity index (χ2n) is 7.87. The summed E-state index contributed by atoms with van der Waals surface area (Å²) in [5.74, 6) is -2.32. The minimum atomic E-state index is -2.77. The van der Waals surface area contributed by atoms with Crippen molar-refractivity contribution in [3.8, 4) is 0 Å². The zero-order valence-electron chi connectivity index (χ0n) is 19.9. The summed E-state index contributed by atoms with van der Waals surface area (Å²) in [5, 5.41) is 23.7. The lowest BCUT2D eigenvalue weighted by atomic mass is 9.73. The van der Waals surface area contributed by atoms with Crippen molar-refractivity contribution >= 4 is 11.9 Å². The van der Waals surface area contributed by atoms with Gasteiger partial charge in [0.05, 0.1) is 0 Å². The first-order valence-corrected chi connectivity index (χ1v) is 11.6. The molecule has 2 aromatic carbocycles. The van der Waals surface area contributed by atoms with Gasteiger partial charge in [-0.2, -0.15) is 0 Å². The smallest absolute Gasteiger partial charge is 0.347 e. The Morgan fingerprint density at radius 3 is 1.35 bits per heavy atom. The molecule has 6 nitrogen and oxygen atoms in total. The van der Waals surface area contributed by atoms with Crippen LogP contribution in [0.4, 0.5) is 0 Å². The molecule has 2 atom stereocenters. The summed E-state index contributed by atoms with van der Waals surface area (Å²) in [6.07, 6.45) is 10.5. The van der Waals surface area contributed by atoms with E-state index in [0.717, 1.165) is 25.7 Å². The Morgan fingerprint density at radius 2 is 1.03 bits per heavy atom. The van der Waals surface area contributed by atoms with Crippen molar-refractivity contribution < 1.29 is 29.3 Å². The molecule has 2 unspecified atom stereocenters. The Morgan fingerprint density at radius 1 is 0.676 bits per heavy atom. The molecular formula is C28H34O6. The lowest BCUT2D eigenvalue weighted by Gasteiger charge is -2.39. The highest BCUT2D eigenvalue weighted by atomic mass is 16.6. The minimum absolute atomic E-state index is 0.00219. The molecule has 0 aliphatic heterocycles. The normalized spacial score (nSPS) is 15.1. The van der Waals surface area contributed by atoms with E-state index >= 15 is 0 Å². The van der Waals surface area contributed by atoms with E-state index in [2.05, 4.69) is 0 Å². The molecule has 0 fully saturated rings. The number of unbranched alkanes of at least 4 members (excludes halogenated alkanes) is 2. The lowest BCUT2D eigenvalue weighted by molar-refractivity contribution is -0.218. The summed E-state index contributed by atoms with van der Waals surface area (Å²) < 4.78 is 10.7. The van der Waals surface area contributed by atoms with Crippen LogP contribution in [0.25, 0.3) is 0 Å². The van der Waals surface area contributed by atoms with Crippen LogP contribution in [0.5, 0.6) is 0 Å². The van der Waals surface area contributed by atoms with Crippen molar-refractivity contribution in [1.29, 1.82) is 0 Å². The van der Waals surface area contributed by atoms with E-state index in [1.165, 1.54) is 24.3 Å². The van der Waals surface area contributed by atoms with Crippen LogP contribution in [0.1, 0.15) is 50.7 Å². The molecule has 0 spiro atoms. The van der Waals surface area contributed by atoms with E-state index < -0.39 is 23.1 Å². The van der Waals surface area contributed by atoms with Gasteiger partial charge in [0.25, 0.3) is 0 Å². The molecule has 0 saturated heterocycles. The second kappa shape index (κ2) is 13.5. The zero-order valence-corrected chi connectivity index (χ0v) is 19.9. The Kier molecular flexibility index (Phi) is 10.7. The van der Waals surface area contributed by atoms with Crippen molar-refractivity contribution in [3.05, 3.63) is 96.1 Å². The van der Waals surface area contributed by atoms with E-state index in [-0.39, 0.29) is 24.3 Å². The number of hydrogen-bond donors (Lipinski definition) is 2. The fourth-order valence-electron chi connectivity index (χ4n) is 3.47. The van der Waals surface area contributed by atoms with Gasteiger partial charge in [-0.25, -0.2) is 9.59 Å². The fraction of sp³-hybridized carbons (Fsp3) is 0.357. The van der Waals surface area contributed by atoms with Gasteiger partial charge in [-0.3, -0.25) is 0 Å². The van der Waals surface area contributed by atoms with Gasteiger partial charge in [0.2, 0.25) is 11.2 Å². The molecule has 2 N–H and O–H groups in total.